The SMILES string of the molecule is COC(=O)c1c(N)[nH]c2ccccc12. The van der Waals surface area contributed by atoms with Gasteiger partial charge in [0.15, 0.2) is 0 Å². The lowest BCUT2D eigenvalue weighted by atomic mass is 10.2. The smallest absolute Gasteiger partial charge is 0.342 e. The summed E-state index contributed by atoms with van der Waals surface area (Å²) in [7, 11) is 1.34. The molecule has 0 aliphatic carbocycles. The van der Waals surface area contributed by atoms with E-state index in [1.165, 1.54) is 7.11 Å². The molecule has 2 rings (SSSR count). The second kappa shape index (κ2) is 3.06. The molecule has 0 spiro atoms. The highest BCUT2D eigenvalue weighted by atomic mass is 16.5. The molecular weight excluding hydrogens is 180 g/mol. The van der Waals surface area contributed by atoms with Crippen molar-refractivity contribution in [3.63, 3.8) is 0 Å². The lowest BCUT2D eigenvalue weighted by molar-refractivity contribution is 0.0604. The number of esters is 1. The molecule has 4 nitrogen and oxygen atoms in total. The highest BCUT2D eigenvalue weighted by molar-refractivity contribution is 6.08. The minimum atomic E-state index is -0.417. The molecule has 14 heavy (non-hydrogen) atoms. The first-order valence-electron chi connectivity index (χ1n) is 4.18. The lowest BCUT2D eigenvalue weighted by Crippen LogP contribution is -2.03. The number of nitrogens with two attached hydrogens (primary N) is 1. The van der Waals surface area contributed by atoms with Gasteiger partial charge in [-0.05, 0) is 6.07 Å². The number of aromatic amines is 1. The van der Waals surface area contributed by atoms with E-state index in [-0.39, 0.29) is 0 Å². The van der Waals surface area contributed by atoms with Crippen molar-refractivity contribution in [2.75, 3.05) is 12.8 Å². The molecule has 1 aromatic heterocycles. The number of aromatic nitrogens is 1. The van der Waals surface area contributed by atoms with E-state index in [2.05, 4.69) is 9.72 Å². The van der Waals surface area contributed by atoms with Crippen LogP contribution < -0.4 is 5.73 Å². The zero-order valence-electron chi connectivity index (χ0n) is 7.70. The Morgan fingerprint density at radius 1 is 1.43 bits per heavy atom. The Bertz CT molecular complexity index is 488. The Morgan fingerprint density at radius 3 is 2.86 bits per heavy atom. The van der Waals surface area contributed by atoms with Crippen LogP contribution in [0, 0.1) is 0 Å². The Hall–Kier alpha value is -1.97. The monoisotopic (exact) mass is 190 g/mol. The highest BCUT2D eigenvalue weighted by Crippen LogP contribution is 2.24. The van der Waals surface area contributed by atoms with Crippen LogP contribution in [0.25, 0.3) is 10.9 Å². The third kappa shape index (κ3) is 1.12. The summed E-state index contributed by atoms with van der Waals surface area (Å²) in [6.07, 6.45) is 0. The van der Waals surface area contributed by atoms with Crippen molar-refractivity contribution in [1.82, 2.24) is 4.98 Å². The standard InChI is InChI=1S/C10H10N2O2/c1-14-10(13)8-6-4-2-3-5-7(6)12-9(8)11/h2-5,12H,11H2,1H3. The summed E-state index contributed by atoms with van der Waals surface area (Å²) >= 11 is 0. The Labute approximate surface area is 80.7 Å². The minimum Gasteiger partial charge on any atom is -0.465 e. The molecule has 1 heterocycles. The third-order valence-electron chi connectivity index (χ3n) is 2.12. The van der Waals surface area contributed by atoms with Crippen molar-refractivity contribution in [3.05, 3.63) is 29.8 Å². The molecule has 0 saturated carbocycles. The molecule has 0 saturated heterocycles. The average molecular weight is 190 g/mol. The second-order valence-corrected chi connectivity index (χ2v) is 2.95. The van der Waals surface area contributed by atoms with Gasteiger partial charge in [0.2, 0.25) is 0 Å². The van der Waals surface area contributed by atoms with E-state index in [1.807, 2.05) is 24.3 Å². The van der Waals surface area contributed by atoms with E-state index in [0.717, 1.165) is 10.9 Å². The summed E-state index contributed by atoms with van der Waals surface area (Å²) in [6, 6.07) is 7.41. The van der Waals surface area contributed by atoms with Crippen LogP contribution in [0.2, 0.25) is 0 Å². The number of nitrogen functional groups attached to an aromatic ring is 1. The van der Waals surface area contributed by atoms with Crippen LogP contribution >= 0.6 is 0 Å². The van der Waals surface area contributed by atoms with E-state index >= 15 is 0 Å². The maximum absolute atomic E-state index is 11.4. The third-order valence-corrected chi connectivity index (χ3v) is 2.12. The first kappa shape index (κ1) is 8.62. The van der Waals surface area contributed by atoms with E-state index in [0.29, 0.717) is 11.4 Å². The van der Waals surface area contributed by atoms with Crippen molar-refractivity contribution in [3.8, 4) is 0 Å². The van der Waals surface area contributed by atoms with E-state index in [9.17, 15) is 4.79 Å². The number of rotatable bonds is 1. The molecule has 0 fully saturated rings. The second-order valence-electron chi connectivity index (χ2n) is 2.95. The summed E-state index contributed by atoms with van der Waals surface area (Å²) in [5, 5.41) is 0.789. The molecular formula is C10H10N2O2. The molecule has 1 aromatic carbocycles. The summed E-state index contributed by atoms with van der Waals surface area (Å²) < 4.78 is 4.64. The van der Waals surface area contributed by atoms with Gasteiger partial charge < -0.3 is 15.5 Å². The Morgan fingerprint density at radius 2 is 2.14 bits per heavy atom. The topological polar surface area (TPSA) is 68.1 Å². The van der Waals surface area contributed by atoms with Gasteiger partial charge in [0.1, 0.15) is 11.4 Å². The molecule has 0 bridgehead atoms. The van der Waals surface area contributed by atoms with Gasteiger partial charge in [-0.3, -0.25) is 0 Å². The number of hydrogen-bond donors (Lipinski definition) is 2. The Kier molecular flexibility index (Phi) is 1.89. The van der Waals surface area contributed by atoms with Gasteiger partial charge in [-0.25, -0.2) is 4.79 Å². The number of H-pyrrole nitrogens is 1. The normalized spacial score (nSPS) is 10.4. The molecule has 0 aliphatic heterocycles. The molecule has 0 unspecified atom stereocenters. The van der Waals surface area contributed by atoms with Crippen LogP contribution in [-0.2, 0) is 4.74 Å². The zero-order valence-corrected chi connectivity index (χ0v) is 7.70. The molecule has 0 amide bonds. The number of methoxy groups -OCH3 is 1. The van der Waals surface area contributed by atoms with Crippen molar-refractivity contribution >= 4 is 22.7 Å². The van der Waals surface area contributed by atoms with E-state index in [4.69, 9.17) is 5.73 Å². The quantitative estimate of drug-likeness (QED) is 0.670. The van der Waals surface area contributed by atoms with Gasteiger partial charge in [-0.1, -0.05) is 18.2 Å². The number of carbonyl (C=O) groups excluding carboxylic acids is 1. The number of ether oxygens (including phenoxy) is 1. The van der Waals surface area contributed by atoms with Crippen LogP contribution in [-0.4, -0.2) is 18.1 Å². The summed E-state index contributed by atoms with van der Waals surface area (Å²) in [5.74, 6) is -0.0713. The number of anilines is 1. The van der Waals surface area contributed by atoms with Gasteiger partial charge >= 0.3 is 5.97 Å². The fraction of sp³-hybridized carbons (Fsp3) is 0.100. The van der Waals surface area contributed by atoms with Crippen molar-refractivity contribution in [2.45, 2.75) is 0 Å². The number of benzene rings is 1. The number of carbonyl (C=O) groups is 1. The van der Waals surface area contributed by atoms with Gasteiger partial charge in [-0.2, -0.15) is 0 Å². The van der Waals surface area contributed by atoms with Crippen molar-refractivity contribution < 1.29 is 9.53 Å². The zero-order chi connectivity index (χ0) is 10.1. The lowest BCUT2D eigenvalue weighted by Gasteiger charge is -1.97. The van der Waals surface area contributed by atoms with Crippen molar-refractivity contribution in [1.29, 1.82) is 0 Å². The minimum absolute atomic E-state index is 0.345. The molecule has 4 heteroatoms. The first-order chi connectivity index (χ1) is 6.74. The fourth-order valence-corrected chi connectivity index (χ4v) is 1.48. The molecule has 0 atom stereocenters. The highest BCUT2D eigenvalue weighted by Gasteiger charge is 2.16. The number of hydrogen-bond acceptors (Lipinski definition) is 3. The average Bonchev–Trinajstić information content (AvgIpc) is 2.53. The predicted octanol–water partition coefficient (Wildman–Crippen LogP) is 1.54. The van der Waals surface area contributed by atoms with Gasteiger partial charge in [0.05, 0.1) is 7.11 Å². The Balaban J connectivity index is 2.74. The van der Waals surface area contributed by atoms with E-state index in [1.54, 1.807) is 0 Å². The number of nitrogens with one attached hydrogen (secondary N) is 1. The summed E-state index contributed by atoms with van der Waals surface area (Å²) in [5.41, 5.74) is 6.92. The van der Waals surface area contributed by atoms with Crippen LogP contribution in [0.1, 0.15) is 10.4 Å². The van der Waals surface area contributed by atoms with Crippen LogP contribution in [0.15, 0.2) is 24.3 Å². The maximum atomic E-state index is 11.4. The molecule has 3 N–H and O–H groups in total. The molecule has 0 radical (unpaired) electrons. The number of fused-ring (bicyclic) bond motifs is 1. The summed E-state index contributed by atoms with van der Waals surface area (Å²) in [4.78, 5) is 14.3. The van der Waals surface area contributed by atoms with Crippen LogP contribution in [0.5, 0.6) is 0 Å². The van der Waals surface area contributed by atoms with E-state index < -0.39 is 5.97 Å². The number of para-hydroxylation sites is 1. The predicted molar refractivity (Wildman–Crippen MR) is 54.1 cm³/mol. The van der Waals surface area contributed by atoms with Crippen molar-refractivity contribution in [2.24, 2.45) is 0 Å². The molecule has 0 aliphatic rings. The van der Waals surface area contributed by atoms with Crippen LogP contribution in [0.3, 0.4) is 0 Å². The largest absolute Gasteiger partial charge is 0.465 e. The maximum Gasteiger partial charge on any atom is 0.342 e. The van der Waals surface area contributed by atoms with Gasteiger partial charge in [0, 0.05) is 10.9 Å². The fourth-order valence-electron chi connectivity index (χ4n) is 1.48. The van der Waals surface area contributed by atoms with Gasteiger partial charge in [-0.15, -0.1) is 0 Å². The summed E-state index contributed by atoms with van der Waals surface area (Å²) in [6.45, 7) is 0. The van der Waals surface area contributed by atoms with Gasteiger partial charge in [0.25, 0.3) is 0 Å². The van der Waals surface area contributed by atoms with Crippen LogP contribution in [0.4, 0.5) is 5.82 Å². The first-order valence-corrected chi connectivity index (χ1v) is 4.18. The molecule has 72 valence electrons. The molecule has 2 aromatic rings.